The lowest BCUT2D eigenvalue weighted by Gasteiger charge is -2.38. The van der Waals surface area contributed by atoms with Crippen LogP contribution in [0.4, 0.5) is 11.4 Å². The molecule has 5 heteroatoms. The van der Waals surface area contributed by atoms with Crippen molar-refractivity contribution in [3.8, 4) is 0 Å². The summed E-state index contributed by atoms with van der Waals surface area (Å²) in [6, 6.07) is 7.03. The first-order valence-corrected chi connectivity index (χ1v) is 7.01. The van der Waals surface area contributed by atoms with Crippen molar-refractivity contribution in [2.45, 2.75) is 39.0 Å². The van der Waals surface area contributed by atoms with Crippen LogP contribution >= 0.6 is 0 Å². The third-order valence-electron chi connectivity index (χ3n) is 3.53. The second-order valence-corrected chi connectivity index (χ2v) is 5.50. The van der Waals surface area contributed by atoms with Gasteiger partial charge in [0.05, 0.1) is 18.2 Å². The highest BCUT2D eigenvalue weighted by atomic mass is 16.5. The van der Waals surface area contributed by atoms with Crippen molar-refractivity contribution >= 4 is 17.3 Å². The van der Waals surface area contributed by atoms with Crippen molar-refractivity contribution in [1.29, 1.82) is 0 Å². The molecule has 110 valence electrons. The number of amides is 1. The fourth-order valence-corrected chi connectivity index (χ4v) is 2.56. The summed E-state index contributed by atoms with van der Waals surface area (Å²) in [5.74, 6) is -0.0168. The summed E-state index contributed by atoms with van der Waals surface area (Å²) in [7, 11) is 0. The molecule has 1 aromatic carbocycles. The third kappa shape index (κ3) is 3.71. The van der Waals surface area contributed by atoms with E-state index in [1.807, 2.05) is 32.9 Å². The van der Waals surface area contributed by atoms with Crippen LogP contribution < -0.4 is 11.1 Å². The highest BCUT2D eigenvalue weighted by Crippen LogP contribution is 2.16. The Kier molecular flexibility index (Phi) is 4.62. The van der Waals surface area contributed by atoms with E-state index in [0.29, 0.717) is 5.69 Å². The van der Waals surface area contributed by atoms with Gasteiger partial charge in [0.1, 0.15) is 0 Å². The van der Waals surface area contributed by atoms with Crippen molar-refractivity contribution in [3.63, 3.8) is 0 Å². The normalized spacial score (nSPS) is 25.1. The van der Waals surface area contributed by atoms with E-state index in [1.165, 1.54) is 0 Å². The van der Waals surface area contributed by atoms with Gasteiger partial charge in [-0.2, -0.15) is 0 Å². The zero-order valence-electron chi connectivity index (χ0n) is 12.3. The van der Waals surface area contributed by atoms with Crippen molar-refractivity contribution < 1.29 is 9.53 Å². The molecule has 1 aliphatic rings. The summed E-state index contributed by atoms with van der Waals surface area (Å²) in [4.78, 5) is 14.5. The predicted molar refractivity (Wildman–Crippen MR) is 80.5 cm³/mol. The number of hydrogen-bond donors (Lipinski definition) is 2. The molecule has 0 bridgehead atoms. The van der Waals surface area contributed by atoms with Crippen LogP contribution in [-0.4, -0.2) is 42.1 Å². The number of morpholine rings is 1. The number of ether oxygens (including phenoxy) is 1. The number of nitrogen functional groups attached to an aromatic ring is 1. The van der Waals surface area contributed by atoms with Gasteiger partial charge in [0.25, 0.3) is 0 Å². The Labute approximate surface area is 120 Å². The van der Waals surface area contributed by atoms with Crippen molar-refractivity contribution in [2.75, 3.05) is 24.1 Å². The molecule has 0 aliphatic carbocycles. The zero-order valence-corrected chi connectivity index (χ0v) is 12.3. The van der Waals surface area contributed by atoms with Gasteiger partial charge < -0.3 is 15.8 Å². The molecule has 20 heavy (non-hydrogen) atoms. The molecule has 0 radical (unpaired) electrons. The predicted octanol–water partition coefficient (Wildman–Crippen LogP) is 1.70. The first kappa shape index (κ1) is 14.8. The number of nitrogens with two attached hydrogens (primary N) is 1. The summed E-state index contributed by atoms with van der Waals surface area (Å²) >= 11 is 0. The van der Waals surface area contributed by atoms with Crippen LogP contribution in [0.2, 0.25) is 0 Å². The number of hydrogen-bond acceptors (Lipinski definition) is 4. The number of nitrogens with zero attached hydrogens (tertiary/aromatic N) is 1. The zero-order chi connectivity index (χ0) is 14.7. The number of benzene rings is 1. The number of anilines is 2. The first-order valence-electron chi connectivity index (χ1n) is 7.01. The summed E-state index contributed by atoms with van der Waals surface area (Å²) < 4.78 is 5.69. The van der Waals surface area contributed by atoms with E-state index in [9.17, 15) is 4.79 Å². The molecular weight excluding hydrogens is 254 g/mol. The topological polar surface area (TPSA) is 67.6 Å². The quantitative estimate of drug-likeness (QED) is 0.825. The van der Waals surface area contributed by atoms with E-state index in [4.69, 9.17) is 10.5 Å². The standard InChI is InChI=1S/C15H23N3O2/c1-10-8-18(9-11(2)20-10)12(3)15(19)17-14-6-4-5-13(16)7-14/h4-7,10-12H,8-9,16H2,1-3H3,(H,17,19). The SMILES string of the molecule is CC1CN(C(C)C(=O)Nc2cccc(N)c2)CC(C)O1. The van der Waals surface area contributed by atoms with Crippen molar-refractivity contribution in [3.05, 3.63) is 24.3 Å². The van der Waals surface area contributed by atoms with Gasteiger partial charge in [-0.15, -0.1) is 0 Å². The summed E-state index contributed by atoms with van der Waals surface area (Å²) in [5.41, 5.74) is 7.09. The molecule has 0 spiro atoms. The third-order valence-corrected chi connectivity index (χ3v) is 3.53. The Morgan fingerprint density at radius 1 is 1.40 bits per heavy atom. The lowest BCUT2D eigenvalue weighted by Crippen LogP contribution is -2.52. The minimum atomic E-state index is -0.190. The van der Waals surface area contributed by atoms with Crippen LogP contribution in [0.1, 0.15) is 20.8 Å². The summed E-state index contributed by atoms with van der Waals surface area (Å²) in [6.45, 7) is 7.54. The van der Waals surface area contributed by atoms with E-state index < -0.39 is 0 Å². The van der Waals surface area contributed by atoms with Gasteiger partial charge in [0.15, 0.2) is 0 Å². The van der Waals surface area contributed by atoms with Crippen LogP contribution in [0, 0.1) is 0 Å². The van der Waals surface area contributed by atoms with Crippen LogP contribution in [0.25, 0.3) is 0 Å². The minimum Gasteiger partial charge on any atom is -0.399 e. The second-order valence-electron chi connectivity index (χ2n) is 5.50. The van der Waals surface area contributed by atoms with Gasteiger partial charge >= 0.3 is 0 Å². The molecule has 3 N–H and O–H groups in total. The Bertz CT molecular complexity index is 468. The highest BCUT2D eigenvalue weighted by molar-refractivity contribution is 5.94. The monoisotopic (exact) mass is 277 g/mol. The highest BCUT2D eigenvalue weighted by Gasteiger charge is 2.29. The molecule has 1 aromatic rings. The maximum Gasteiger partial charge on any atom is 0.241 e. The van der Waals surface area contributed by atoms with Gasteiger partial charge in [-0.3, -0.25) is 9.69 Å². The van der Waals surface area contributed by atoms with E-state index in [1.54, 1.807) is 12.1 Å². The molecule has 0 aromatic heterocycles. The smallest absolute Gasteiger partial charge is 0.241 e. The van der Waals surface area contributed by atoms with Crippen LogP contribution in [0.15, 0.2) is 24.3 Å². The molecule has 1 aliphatic heterocycles. The van der Waals surface area contributed by atoms with Crippen LogP contribution in [0.5, 0.6) is 0 Å². The Morgan fingerprint density at radius 2 is 2.05 bits per heavy atom. The van der Waals surface area contributed by atoms with Crippen LogP contribution in [-0.2, 0) is 9.53 Å². The van der Waals surface area contributed by atoms with Crippen molar-refractivity contribution in [2.24, 2.45) is 0 Å². The molecule has 5 nitrogen and oxygen atoms in total. The lowest BCUT2D eigenvalue weighted by atomic mass is 10.1. The average molecular weight is 277 g/mol. The fraction of sp³-hybridized carbons (Fsp3) is 0.533. The molecule has 1 saturated heterocycles. The number of nitrogens with one attached hydrogen (secondary N) is 1. The molecule has 2 rings (SSSR count). The van der Waals surface area contributed by atoms with E-state index in [-0.39, 0.29) is 24.2 Å². The molecular formula is C15H23N3O2. The van der Waals surface area contributed by atoms with Gasteiger partial charge in [-0.1, -0.05) is 6.07 Å². The molecule has 3 unspecified atom stereocenters. The molecule has 3 atom stereocenters. The second kappa shape index (κ2) is 6.24. The van der Waals surface area contributed by atoms with Gasteiger partial charge in [0.2, 0.25) is 5.91 Å². The van der Waals surface area contributed by atoms with Crippen molar-refractivity contribution in [1.82, 2.24) is 4.90 Å². The van der Waals surface area contributed by atoms with Crippen LogP contribution in [0.3, 0.4) is 0 Å². The molecule has 1 amide bonds. The molecule has 0 saturated carbocycles. The number of rotatable bonds is 3. The first-order chi connectivity index (χ1) is 9.45. The largest absolute Gasteiger partial charge is 0.399 e. The minimum absolute atomic E-state index is 0.0168. The lowest BCUT2D eigenvalue weighted by molar-refractivity contribution is -0.126. The molecule has 1 heterocycles. The summed E-state index contributed by atoms with van der Waals surface area (Å²) in [6.07, 6.45) is 0.308. The maximum atomic E-state index is 12.3. The fourth-order valence-electron chi connectivity index (χ4n) is 2.56. The number of carbonyl (C=O) groups is 1. The van der Waals surface area contributed by atoms with Gasteiger partial charge in [-0.05, 0) is 39.0 Å². The Balaban J connectivity index is 1.98. The van der Waals surface area contributed by atoms with E-state index in [0.717, 1.165) is 18.8 Å². The number of carbonyl (C=O) groups excluding carboxylic acids is 1. The van der Waals surface area contributed by atoms with E-state index in [2.05, 4.69) is 10.2 Å². The molecule has 1 fully saturated rings. The Hall–Kier alpha value is -1.59. The van der Waals surface area contributed by atoms with Gasteiger partial charge in [-0.25, -0.2) is 0 Å². The van der Waals surface area contributed by atoms with Gasteiger partial charge in [0, 0.05) is 24.5 Å². The average Bonchev–Trinajstić information content (AvgIpc) is 2.36. The van der Waals surface area contributed by atoms with E-state index >= 15 is 0 Å². The maximum absolute atomic E-state index is 12.3. The Morgan fingerprint density at radius 3 is 2.65 bits per heavy atom. The summed E-state index contributed by atoms with van der Waals surface area (Å²) in [5, 5.41) is 2.91.